The Kier molecular flexibility index (Phi) is 4.27. The van der Waals surface area contributed by atoms with E-state index < -0.39 is 0 Å². The third kappa shape index (κ3) is 2.97. The minimum absolute atomic E-state index is 0.253. The summed E-state index contributed by atoms with van der Waals surface area (Å²) in [6.45, 7) is 2.26. The normalized spacial score (nSPS) is 17.0. The van der Waals surface area contributed by atoms with Crippen LogP contribution in [0.2, 0.25) is 0 Å². The van der Waals surface area contributed by atoms with Gasteiger partial charge in [-0.2, -0.15) is 0 Å². The molecule has 0 saturated carbocycles. The van der Waals surface area contributed by atoms with E-state index in [0.717, 1.165) is 13.1 Å². The Morgan fingerprint density at radius 3 is 1.62 bits per heavy atom. The van der Waals surface area contributed by atoms with Gasteiger partial charge in [-0.05, 0) is 57.9 Å². The molecule has 0 aliphatic carbocycles. The second-order valence-corrected chi connectivity index (χ2v) is 5.70. The van der Waals surface area contributed by atoms with E-state index in [0.29, 0.717) is 0 Å². The van der Waals surface area contributed by atoms with Crippen LogP contribution in [0.1, 0.15) is 6.42 Å². The smallest absolute Gasteiger partial charge is 0.357 e. The third-order valence-electron chi connectivity index (χ3n) is 4.11. The molecule has 4 heteroatoms. The molecule has 108 valence electrons. The Hall–Kier alpha value is -1.78. The molecule has 0 N–H and O–H groups in total. The van der Waals surface area contributed by atoms with Crippen molar-refractivity contribution in [2.45, 2.75) is 6.42 Å². The minimum atomic E-state index is 0.253. The Morgan fingerprint density at radius 2 is 1.19 bits per heavy atom. The van der Waals surface area contributed by atoms with Crippen molar-refractivity contribution in [2.75, 3.05) is 32.0 Å². The van der Waals surface area contributed by atoms with Gasteiger partial charge in [-0.3, -0.25) is 0 Å². The lowest BCUT2D eigenvalue weighted by atomic mass is 9.80. The fourth-order valence-corrected chi connectivity index (χ4v) is 3.12. The fourth-order valence-electron chi connectivity index (χ4n) is 3.12. The molecule has 1 heterocycles. The van der Waals surface area contributed by atoms with Crippen LogP contribution >= 0.6 is 0 Å². The van der Waals surface area contributed by atoms with Crippen molar-refractivity contribution in [2.24, 2.45) is 0 Å². The van der Waals surface area contributed by atoms with Crippen molar-refractivity contribution in [3.05, 3.63) is 60.7 Å². The largest absolute Gasteiger partial charge is 0.441 e. The Labute approximate surface area is 127 Å². The highest BCUT2D eigenvalue weighted by Gasteiger charge is 2.37. The molecule has 0 amide bonds. The second-order valence-electron chi connectivity index (χ2n) is 5.70. The molecular weight excluding hydrogens is 257 g/mol. The molecule has 0 unspecified atom stereocenters. The van der Waals surface area contributed by atoms with Gasteiger partial charge in [-0.15, -0.1) is 0 Å². The van der Waals surface area contributed by atoms with Gasteiger partial charge in [0.15, 0.2) is 0 Å². The van der Waals surface area contributed by atoms with Crippen molar-refractivity contribution in [1.82, 2.24) is 9.62 Å². The molecule has 0 radical (unpaired) electrons. The van der Waals surface area contributed by atoms with Crippen molar-refractivity contribution < 1.29 is 0 Å². The van der Waals surface area contributed by atoms with Crippen molar-refractivity contribution in [1.29, 1.82) is 0 Å². The van der Waals surface area contributed by atoms with Crippen LogP contribution in [-0.2, 0) is 0 Å². The molecule has 0 bridgehead atoms. The number of anilines is 2. The number of hydrogen-bond acceptors (Lipinski definition) is 3. The SMILES string of the molecule is CN1CCCN(C)B1N(c1ccccc1)c1ccccc1. The summed E-state index contributed by atoms with van der Waals surface area (Å²) in [5.74, 6) is 0. The van der Waals surface area contributed by atoms with Gasteiger partial charge in [0.1, 0.15) is 0 Å². The van der Waals surface area contributed by atoms with E-state index in [2.05, 4.69) is 89.2 Å². The molecule has 3 nitrogen and oxygen atoms in total. The van der Waals surface area contributed by atoms with Crippen LogP contribution in [0.5, 0.6) is 0 Å². The molecule has 1 fully saturated rings. The molecule has 1 saturated heterocycles. The lowest BCUT2D eigenvalue weighted by Crippen LogP contribution is -2.63. The first-order valence-electron chi connectivity index (χ1n) is 7.57. The molecule has 3 rings (SSSR count). The van der Waals surface area contributed by atoms with Crippen LogP contribution in [0.3, 0.4) is 0 Å². The Bertz CT molecular complexity index is 511. The van der Waals surface area contributed by atoms with Crippen molar-refractivity contribution in [3.8, 4) is 0 Å². The van der Waals surface area contributed by atoms with E-state index in [1.54, 1.807) is 0 Å². The van der Waals surface area contributed by atoms with E-state index in [-0.39, 0.29) is 7.12 Å². The highest BCUT2D eigenvalue weighted by atomic mass is 15.3. The average molecular weight is 279 g/mol. The number of hydrogen-bond donors (Lipinski definition) is 0. The second kappa shape index (κ2) is 6.33. The van der Waals surface area contributed by atoms with Gasteiger partial charge in [-0.1, -0.05) is 36.4 Å². The predicted molar refractivity (Wildman–Crippen MR) is 90.7 cm³/mol. The zero-order chi connectivity index (χ0) is 14.7. The maximum Gasteiger partial charge on any atom is 0.441 e. The van der Waals surface area contributed by atoms with Gasteiger partial charge < -0.3 is 14.4 Å². The highest BCUT2D eigenvalue weighted by molar-refractivity contribution is 6.59. The molecule has 0 spiro atoms. The number of nitrogens with zero attached hydrogens (tertiary/aromatic N) is 3. The average Bonchev–Trinajstić information content (AvgIpc) is 2.53. The predicted octanol–water partition coefficient (Wildman–Crippen LogP) is 3.08. The van der Waals surface area contributed by atoms with E-state index in [1.807, 2.05) is 0 Å². The van der Waals surface area contributed by atoms with Gasteiger partial charge >= 0.3 is 7.12 Å². The zero-order valence-corrected chi connectivity index (χ0v) is 12.8. The lowest BCUT2D eigenvalue weighted by molar-refractivity contribution is 0.342. The first kappa shape index (κ1) is 14.2. The quantitative estimate of drug-likeness (QED) is 0.799. The number of benzene rings is 2. The zero-order valence-electron chi connectivity index (χ0n) is 12.8. The summed E-state index contributed by atoms with van der Waals surface area (Å²) in [6.07, 6.45) is 1.22. The molecule has 2 aromatic carbocycles. The van der Waals surface area contributed by atoms with Gasteiger partial charge in [0.05, 0.1) is 0 Å². The Balaban J connectivity index is 2.04. The molecule has 1 aliphatic rings. The minimum Gasteiger partial charge on any atom is -0.357 e. The van der Waals surface area contributed by atoms with Crippen LogP contribution in [0.15, 0.2) is 60.7 Å². The highest BCUT2D eigenvalue weighted by Crippen LogP contribution is 2.29. The summed E-state index contributed by atoms with van der Waals surface area (Å²) in [5, 5.41) is 0. The third-order valence-corrected chi connectivity index (χ3v) is 4.11. The molecule has 2 aromatic rings. The maximum atomic E-state index is 2.42. The summed E-state index contributed by atoms with van der Waals surface area (Å²) in [4.78, 5) is 7.26. The summed E-state index contributed by atoms with van der Waals surface area (Å²) >= 11 is 0. The first-order valence-corrected chi connectivity index (χ1v) is 7.57. The van der Waals surface area contributed by atoms with Gasteiger partial charge in [-0.25, -0.2) is 0 Å². The van der Waals surface area contributed by atoms with Crippen LogP contribution in [0, 0.1) is 0 Å². The standard InChI is InChI=1S/C17H22BN3/c1-19-14-9-15-20(2)18(19)21(16-10-5-3-6-11-16)17-12-7-4-8-13-17/h3-8,10-13H,9,14-15H2,1-2H3. The van der Waals surface area contributed by atoms with E-state index in [4.69, 9.17) is 0 Å². The monoisotopic (exact) mass is 279 g/mol. The lowest BCUT2D eigenvalue weighted by Gasteiger charge is -2.43. The van der Waals surface area contributed by atoms with E-state index in [9.17, 15) is 0 Å². The fraction of sp³-hybridized carbons (Fsp3) is 0.294. The summed E-state index contributed by atoms with van der Waals surface area (Å²) in [6, 6.07) is 21.3. The van der Waals surface area contributed by atoms with E-state index in [1.165, 1.54) is 17.8 Å². The van der Waals surface area contributed by atoms with Gasteiger partial charge in [0, 0.05) is 11.4 Å². The Morgan fingerprint density at radius 1 is 0.762 bits per heavy atom. The topological polar surface area (TPSA) is 9.72 Å². The van der Waals surface area contributed by atoms with Gasteiger partial charge in [0.25, 0.3) is 0 Å². The molecule has 21 heavy (non-hydrogen) atoms. The molecule has 0 atom stereocenters. The summed E-state index contributed by atoms with van der Waals surface area (Å²) < 4.78 is 0. The molecular formula is C17H22BN3. The van der Waals surface area contributed by atoms with Crippen molar-refractivity contribution in [3.63, 3.8) is 0 Å². The van der Waals surface area contributed by atoms with Crippen molar-refractivity contribution >= 4 is 18.5 Å². The first-order chi connectivity index (χ1) is 10.3. The van der Waals surface area contributed by atoms with Crippen LogP contribution in [-0.4, -0.2) is 43.9 Å². The molecule has 0 aromatic heterocycles. The van der Waals surface area contributed by atoms with Gasteiger partial charge in [0.2, 0.25) is 0 Å². The summed E-state index contributed by atoms with van der Waals surface area (Å²) in [5.41, 5.74) is 2.46. The van der Waals surface area contributed by atoms with Crippen LogP contribution in [0.4, 0.5) is 11.4 Å². The van der Waals surface area contributed by atoms with Crippen LogP contribution < -0.4 is 4.81 Å². The number of rotatable bonds is 3. The van der Waals surface area contributed by atoms with E-state index >= 15 is 0 Å². The number of para-hydroxylation sites is 2. The maximum absolute atomic E-state index is 2.42. The summed E-state index contributed by atoms with van der Waals surface area (Å²) in [7, 11) is 4.67. The molecule has 1 aliphatic heterocycles. The van der Waals surface area contributed by atoms with Crippen LogP contribution in [0.25, 0.3) is 0 Å².